The molecule has 0 aliphatic carbocycles. The van der Waals surface area contributed by atoms with E-state index in [4.69, 9.17) is 0 Å². The van der Waals surface area contributed by atoms with Crippen molar-refractivity contribution in [3.05, 3.63) is 101 Å². The average Bonchev–Trinajstić information content (AvgIpc) is 2.74. The first-order valence-corrected chi connectivity index (χ1v) is 9.35. The molecule has 0 spiro atoms. The first-order chi connectivity index (χ1) is 13.6. The van der Waals surface area contributed by atoms with Gasteiger partial charge in [0.2, 0.25) is 0 Å². The number of anilines is 1. The Morgan fingerprint density at radius 1 is 0.750 bits per heavy atom. The van der Waals surface area contributed by atoms with E-state index < -0.39 is 0 Å². The molecule has 0 bridgehead atoms. The van der Waals surface area contributed by atoms with E-state index in [1.54, 1.807) is 19.2 Å². The Balaban J connectivity index is 1.79. The lowest BCUT2D eigenvalue weighted by Gasteiger charge is -2.14. The fraction of sp³-hybridized carbons (Fsp3) is 0.167. The minimum atomic E-state index is -0.170. The molecule has 0 saturated heterocycles. The Kier molecular flexibility index (Phi) is 6.22. The van der Waals surface area contributed by atoms with E-state index in [0.717, 1.165) is 24.0 Å². The van der Waals surface area contributed by atoms with E-state index in [1.807, 2.05) is 55.5 Å². The van der Waals surface area contributed by atoms with Crippen LogP contribution in [-0.4, -0.2) is 18.9 Å². The molecule has 0 heterocycles. The highest BCUT2D eigenvalue weighted by molar-refractivity contribution is 6.06. The molecule has 0 fully saturated rings. The summed E-state index contributed by atoms with van der Waals surface area (Å²) in [5, 5.41) is 5.59. The van der Waals surface area contributed by atoms with Crippen LogP contribution in [0.2, 0.25) is 0 Å². The van der Waals surface area contributed by atoms with Gasteiger partial charge in [-0.25, -0.2) is 0 Å². The number of nitrogens with one attached hydrogen (secondary N) is 2. The molecule has 4 nitrogen and oxygen atoms in total. The molecular weight excluding hydrogens is 348 g/mol. The third kappa shape index (κ3) is 4.46. The summed E-state index contributed by atoms with van der Waals surface area (Å²) in [5.74, 6) is -0.335. The summed E-state index contributed by atoms with van der Waals surface area (Å²) >= 11 is 0. The third-order valence-electron chi connectivity index (χ3n) is 4.84. The average molecular weight is 372 g/mol. The van der Waals surface area contributed by atoms with Gasteiger partial charge in [-0.3, -0.25) is 9.59 Å². The van der Waals surface area contributed by atoms with Crippen molar-refractivity contribution in [2.45, 2.75) is 19.8 Å². The molecule has 0 aliphatic rings. The molecule has 0 atom stereocenters. The fourth-order valence-electron chi connectivity index (χ4n) is 3.22. The molecule has 0 saturated carbocycles. The zero-order chi connectivity index (χ0) is 19.9. The predicted octanol–water partition coefficient (Wildman–Crippen LogP) is 4.39. The van der Waals surface area contributed by atoms with Crippen LogP contribution in [0, 0.1) is 6.92 Å². The van der Waals surface area contributed by atoms with Gasteiger partial charge in [0, 0.05) is 23.9 Å². The van der Waals surface area contributed by atoms with Gasteiger partial charge in [-0.15, -0.1) is 0 Å². The molecular formula is C24H24N2O2. The number of aryl methyl sites for hydroxylation is 2. The molecule has 3 aromatic carbocycles. The maximum Gasteiger partial charge on any atom is 0.255 e. The first kappa shape index (κ1) is 19.4. The number of carbonyl (C=O) groups is 2. The fourth-order valence-corrected chi connectivity index (χ4v) is 3.22. The zero-order valence-electron chi connectivity index (χ0n) is 16.2. The topological polar surface area (TPSA) is 58.2 Å². The number of carbonyl (C=O) groups excluding carboxylic acids is 2. The monoisotopic (exact) mass is 372 g/mol. The van der Waals surface area contributed by atoms with Crippen LogP contribution in [-0.2, 0) is 12.8 Å². The lowest BCUT2D eigenvalue weighted by Crippen LogP contribution is -2.20. The third-order valence-corrected chi connectivity index (χ3v) is 4.84. The van der Waals surface area contributed by atoms with Gasteiger partial charge in [-0.05, 0) is 54.7 Å². The molecule has 142 valence electrons. The molecule has 28 heavy (non-hydrogen) atoms. The van der Waals surface area contributed by atoms with E-state index in [0.29, 0.717) is 16.8 Å². The molecule has 2 N–H and O–H groups in total. The van der Waals surface area contributed by atoms with E-state index >= 15 is 0 Å². The SMILES string of the molecule is CNC(=O)c1cccc(NC(=O)c2ccccc2CCc2ccccc2)c1C. The van der Waals surface area contributed by atoms with Crippen LogP contribution in [0.5, 0.6) is 0 Å². The van der Waals surface area contributed by atoms with E-state index in [2.05, 4.69) is 22.8 Å². The van der Waals surface area contributed by atoms with E-state index in [-0.39, 0.29) is 11.8 Å². The minimum absolute atomic E-state index is 0.166. The van der Waals surface area contributed by atoms with Crippen molar-refractivity contribution in [3.63, 3.8) is 0 Å². The van der Waals surface area contributed by atoms with Gasteiger partial charge >= 0.3 is 0 Å². The van der Waals surface area contributed by atoms with E-state index in [9.17, 15) is 9.59 Å². The molecule has 3 aromatic rings. The van der Waals surface area contributed by atoms with Crippen LogP contribution in [0.15, 0.2) is 72.8 Å². The highest BCUT2D eigenvalue weighted by Gasteiger charge is 2.15. The summed E-state index contributed by atoms with van der Waals surface area (Å²) < 4.78 is 0. The van der Waals surface area contributed by atoms with Crippen molar-refractivity contribution >= 4 is 17.5 Å². The molecule has 3 rings (SSSR count). The molecule has 0 radical (unpaired) electrons. The van der Waals surface area contributed by atoms with Gasteiger partial charge in [0.25, 0.3) is 11.8 Å². The summed E-state index contributed by atoms with van der Waals surface area (Å²) in [6.07, 6.45) is 1.65. The quantitative estimate of drug-likeness (QED) is 0.674. The zero-order valence-corrected chi connectivity index (χ0v) is 16.2. The smallest absolute Gasteiger partial charge is 0.255 e. The van der Waals surface area contributed by atoms with Crippen LogP contribution in [0.1, 0.15) is 37.4 Å². The lowest BCUT2D eigenvalue weighted by atomic mass is 9.99. The molecule has 0 aromatic heterocycles. The lowest BCUT2D eigenvalue weighted by molar-refractivity contribution is 0.0960. The van der Waals surface area contributed by atoms with Crippen LogP contribution in [0.25, 0.3) is 0 Å². The second-order valence-corrected chi connectivity index (χ2v) is 6.65. The molecule has 0 unspecified atom stereocenters. The first-order valence-electron chi connectivity index (χ1n) is 9.35. The van der Waals surface area contributed by atoms with Gasteiger partial charge in [0.15, 0.2) is 0 Å². The van der Waals surface area contributed by atoms with E-state index in [1.165, 1.54) is 5.56 Å². The minimum Gasteiger partial charge on any atom is -0.355 e. The van der Waals surface area contributed by atoms with Crippen molar-refractivity contribution in [2.24, 2.45) is 0 Å². The molecule has 2 amide bonds. The number of benzene rings is 3. The van der Waals surface area contributed by atoms with Crippen molar-refractivity contribution in [1.29, 1.82) is 0 Å². The normalized spacial score (nSPS) is 10.4. The maximum atomic E-state index is 12.9. The number of rotatable bonds is 6. The van der Waals surface area contributed by atoms with Gasteiger partial charge in [0.05, 0.1) is 0 Å². The molecule has 4 heteroatoms. The Morgan fingerprint density at radius 2 is 1.43 bits per heavy atom. The summed E-state index contributed by atoms with van der Waals surface area (Å²) in [4.78, 5) is 24.9. The van der Waals surface area contributed by atoms with Crippen molar-refractivity contribution in [2.75, 3.05) is 12.4 Å². The van der Waals surface area contributed by atoms with Crippen LogP contribution in [0.3, 0.4) is 0 Å². The van der Waals surface area contributed by atoms with Gasteiger partial charge in [-0.1, -0.05) is 54.6 Å². The number of amides is 2. The summed E-state index contributed by atoms with van der Waals surface area (Å²) in [6, 6.07) is 23.2. The summed E-state index contributed by atoms with van der Waals surface area (Å²) in [7, 11) is 1.59. The van der Waals surface area contributed by atoms with Crippen LogP contribution in [0.4, 0.5) is 5.69 Å². The predicted molar refractivity (Wildman–Crippen MR) is 113 cm³/mol. The van der Waals surface area contributed by atoms with Crippen LogP contribution < -0.4 is 10.6 Å². The summed E-state index contributed by atoms with van der Waals surface area (Å²) in [6.45, 7) is 1.83. The molecule has 0 aliphatic heterocycles. The standard InChI is InChI=1S/C24H24N2O2/c1-17-20(23(27)25-2)13-8-14-22(17)26-24(28)21-12-7-6-11-19(21)16-15-18-9-4-3-5-10-18/h3-14H,15-16H2,1-2H3,(H,25,27)(H,26,28). The number of hydrogen-bond acceptors (Lipinski definition) is 2. The Bertz CT molecular complexity index is 981. The Morgan fingerprint density at radius 3 is 2.18 bits per heavy atom. The Hall–Kier alpha value is -3.40. The van der Waals surface area contributed by atoms with Crippen LogP contribution >= 0.6 is 0 Å². The Labute approximate surface area is 165 Å². The summed E-state index contributed by atoms with van der Waals surface area (Å²) in [5.41, 5.74) is 4.84. The highest BCUT2D eigenvalue weighted by Crippen LogP contribution is 2.21. The highest BCUT2D eigenvalue weighted by atomic mass is 16.2. The second-order valence-electron chi connectivity index (χ2n) is 6.65. The van der Waals surface area contributed by atoms with Crippen molar-refractivity contribution in [1.82, 2.24) is 5.32 Å². The largest absolute Gasteiger partial charge is 0.355 e. The van der Waals surface area contributed by atoms with Crippen molar-refractivity contribution in [3.8, 4) is 0 Å². The van der Waals surface area contributed by atoms with Crippen molar-refractivity contribution < 1.29 is 9.59 Å². The van der Waals surface area contributed by atoms with Gasteiger partial charge < -0.3 is 10.6 Å². The van der Waals surface area contributed by atoms with Gasteiger partial charge in [-0.2, -0.15) is 0 Å². The maximum absolute atomic E-state index is 12.9. The van der Waals surface area contributed by atoms with Gasteiger partial charge in [0.1, 0.15) is 0 Å². The number of hydrogen-bond donors (Lipinski definition) is 2. The second kappa shape index (κ2) is 9.00.